The molecule has 0 atom stereocenters. The summed E-state index contributed by atoms with van der Waals surface area (Å²) in [7, 11) is 1.29. The van der Waals surface area contributed by atoms with Gasteiger partial charge in [-0.15, -0.1) is 0 Å². The highest BCUT2D eigenvalue weighted by Gasteiger charge is 2.16. The van der Waals surface area contributed by atoms with Crippen LogP contribution in [0.25, 0.3) is 0 Å². The number of hydrogen-bond donors (Lipinski definition) is 2. The highest BCUT2D eigenvalue weighted by Crippen LogP contribution is 2.18. The van der Waals surface area contributed by atoms with Crippen LogP contribution < -0.4 is 10.6 Å². The number of carbonyl (C=O) groups excluding carboxylic acids is 2. The fourth-order valence-electron chi connectivity index (χ4n) is 2.84. The summed E-state index contributed by atoms with van der Waals surface area (Å²) in [6, 6.07) is 16.3. The monoisotopic (exact) mass is 390 g/mol. The van der Waals surface area contributed by atoms with Gasteiger partial charge in [0, 0.05) is 12.6 Å². The normalized spacial score (nSPS) is 10.3. The van der Waals surface area contributed by atoms with Gasteiger partial charge in [-0.25, -0.2) is 14.8 Å². The third-order valence-corrected chi connectivity index (χ3v) is 4.37. The summed E-state index contributed by atoms with van der Waals surface area (Å²) in [6.07, 6.45) is 0. The Morgan fingerprint density at radius 3 is 2.48 bits per heavy atom. The Labute approximate surface area is 169 Å². The smallest absolute Gasteiger partial charge is 0.339 e. The molecule has 0 bridgehead atoms. The van der Waals surface area contributed by atoms with E-state index in [9.17, 15) is 9.59 Å². The first-order valence-corrected chi connectivity index (χ1v) is 9.10. The number of esters is 1. The van der Waals surface area contributed by atoms with Crippen molar-refractivity contribution in [3.8, 4) is 0 Å². The van der Waals surface area contributed by atoms with Gasteiger partial charge in [-0.1, -0.05) is 36.4 Å². The Kier molecular flexibility index (Phi) is 6.19. The van der Waals surface area contributed by atoms with E-state index >= 15 is 0 Å². The number of nitrogens with zero attached hydrogens (tertiary/aromatic N) is 2. The Balaban J connectivity index is 1.78. The van der Waals surface area contributed by atoms with Gasteiger partial charge in [0.1, 0.15) is 17.3 Å². The number of methoxy groups -OCH3 is 1. The van der Waals surface area contributed by atoms with Gasteiger partial charge in [-0.3, -0.25) is 4.79 Å². The van der Waals surface area contributed by atoms with Crippen LogP contribution in [-0.2, 0) is 11.3 Å². The molecular weight excluding hydrogens is 368 g/mol. The minimum atomic E-state index is -0.527. The van der Waals surface area contributed by atoms with Crippen LogP contribution >= 0.6 is 0 Å². The van der Waals surface area contributed by atoms with Gasteiger partial charge in [0.15, 0.2) is 0 Å². The Morgan fingerprint density at radius 1 is 1.00 bits per heavy atom. The summed E-state index contributed by atoms with van der Waals surface area (Å²) in [5.41, 5.74) is 3.14. The Morgan fingerprint density at radius 2 is 1.72 bits per heavy atom. The number of aryl methyl sites for hydroxylation is 2. The number of rotatable bonds is 6. The number of aromatic nitrogens is 2. The molecule has 29 heavy (non-hydrogen) atoms. The molecule has 2 aromatic carbocycles. The average molecular weight is 390 g/mol. The number of ether oxygens (including phenoxy) is 1. The van der Waals surface area contributed by atoms with Crippen LogP contribution in [0.4, 0.5) is 11.5 Å². The van der Waals surface area contributed by atoms with Gasteiger partial charge >= 0.3 is 5.97 Å². The molecule has 0 fully saturated rings. The molecule has 0 aliphatic rings. The molecule has 3 aromatic rings. The lowest BCUT2D eigenvalue weighted by atomic mass is 10.1. The lowest BCUT2D eigenvalue weighted by Gasteiger charge is -2.12. The molecule has 0 aliphatic heterocycles. The number of hydrogen-bond acceptors (Lipinski definition) is 6. The van der Waals surface area contributed by atoms with E-state index in [4.69, 9.17) is 4.74 Å². The predicted molar refractivity (Wildman–Crippen MR) is 111 cm³/mol. The van der Waals surface area contributed by atoms with Crippen LogP contribution in [0, 0.1) is 13.8 Å². The fourth-order valence-corrected chi connectivity index (χ4v) is 2.84. The number of para-hydroxylation sites is 1. The van der Waals surface area contributed by atoms with Crippen molar-refractivity contribution >= 4 is 23.4 Å². The molecule has 0 saturated carbocycles. The van der Waals surface area contributed by atoms with E-state index < -0.39 is 11.9 Å². The molecule has 0 unspecified atom stereocenters. The Hall–Kier alpha value is -3.74. The minimum Gasteiger partial charge on any atom is -0.465 e. The van der Waals surface area contributed by atoms with Crippen LogP contribution in [-0.4, -0.2) is 29.0 Å². The molecule has 0 radical (unpaired) electrons. The van der Waals surface area contributed by atoms with Crippen molar-refractivity contribution < 1.29 is 14.3 Å². The molecule has 7 heteroatoms. The highest BCUT2D eigenvalue weighted by atomic mass is 16.5. The van der Waals surface area contributed by atoms with Crippen molar-refractivity contribution in [2.45, 2.75) is 20.4 Å². The maximum absolute atomic E-state index is 12.7. The zero-order chi connectivity index (χ0) is 20.8. The molecule has 0 spiro atoms. The molecule has 1 heterocycles. The lowest BCUT2D eigenvalue weighted by Crippen LogP contribution is -2.18. The molecule has 0 saturated heterocycles. The average Bonchev–Trinajstić information content (AvgIpc) is 2.72. The van der Waals surface area contributed by atoms with Gasteiger partial charge in [-0.05, 0) is 37.1 Å². The third kappa shape index (κ3) is 4.95. The summed E-state index contributed by atoms with van der Waals surface area (Å²) < 4.78 is 4.76. The summed E-state index contributed by atoms with van der Waals surface area (Å²) in [5, 5.41) is 5.96. The molecule has 7 nitrogen and oxygen atoms in total. The number of amides is 1. The maximum Gasteiger partial charge on any atom is 0.339 e. The second-order valence-electron chi connectivity index (χ2n) is 6.46. The molecule has 2 N–H and O–H groups in total. The van der Waals surface area contributed by atoms with E-state index in [1.807, 2.05) is 31.2 Å². The van der Waals surface area contributed by atoms with E-state index in [2.05, 4.69) is 20.6 Å². The molecular formula is C22H22N4O3. The first kappa shape index (κ1) is 20.0. The number of anilines is 2. The van der Waals surface area contributed by atoms with Crippen molar-refractivity contribution in [2.24, 2.45) is 0 Å². The predicted octanol–water partition coefficient (Wildman–Crippen LogP) is 3.74. The van der Waals surface area contributed by atoms with Gasteiger partial charge in [0.25, 0.3) is 5.91 Å². The van der Waals surface area contributed by atoms with Crippen LogP contribution in [0.15, 0.2) is 54.6 Å². The van der Waals surface area contributed by atoms with Gasteiger partial charge in [-0.2, -0.15) is 0 Å². The highest BCUT2D eigenvalue weighted by molar-refractivity contribution is 6.07. The zero-order valence-electron chi connectivity index (χ0n) is 16.5. The summed E-state index contributed by atoms with van der Waals surface area (Å²) in [4.78, 5) is 33.2. The SMILES string of the molecule is COC(=O)c1ccccc1NC(=O)c1cc(NCc2ccccc2C)nc(C)n1. The van der Waals surface area contributed by atoms with Gasteiger partial charge in [0.05, 0.1) is 18.4 Å². The van der Waals surface area contributed by atoms with E-state index in [1.165, 1.54) is 12.7 Å². The van der Waals surface area contributed by atoms with Crippen molar-refractivity contribution in [1.29, 1.82) is 0 Å². The zero-order valence-corrected chi connectivity index (χ0v) is 16.5. The molecule has 0 aliphatic carbocycles. The second-order valence-corrected chi connectivity index (χ2v) is 6.46. The largest absolute Gasteiger partial charge is 0.465 e. The van der Waals surface area contributed by atoms with Crippen molar-refractivity contribution in [2.75, 3.05) is 17.7 Å². The van der Waals surface area contributed by atoms with E-state index in [0.717, 1.165) is 5.56 Å². The quantitative estimate of drug-likeness (QED) is 0.623. The number of benzene rings is 2. The third-order valence-electron chi connectivity index (χ3n) is 4.37. The van der Waals surface area contributed by atoms with Crippen molar-refractivity contribution in [3.63, 3.8) is 0 Å². The lowest BCUT2D eigenvalue weighted by molar-refractivity contribution is 0.0602. The fraction of sp³-hybridized carbons (Fsp3) is 0.182. The maximum atomic E-state index is 12.7. The van der Waals surface area contributed by atoms with Crippen molar-refractivity contribution in [3.05, 3.63) is 82.8 Å². The number of carbonyl (C=O) groups is 2. The first-order valence-electron chi connectivity index (χ1n) is 9.10. The molecule has 148 valence electrons. The van der Waals surface area contributed by atoms with Crippen LogP contribution in [0.5, 0.6) is 0 Å². The van der Waals surface area contributed by atoms with Gasteiger partial charge < -0.3 is 15.4 Å². The van der Waals surface area contributed by atoms with Crippen LogP contribution in [0.1, 0.15) is 37.8 Å². The second kappa shape index (κ2) is 8.97. The topological polar surface area (TPSA) is 93.2 Å². The van der Waals surface area contributed by atoms with Crippen molar-refractivity contribution in [1.82, 2.24) is 9.97 Å². The van der Waals surface area contributed by atoms with E-state index in [-0.39, 0.29) is 11.3 Å². The summed E-state index contributed by atoms with van der Waals surface area (Å²) in [6.45, 7) is 4.34. The summed E-state index contributed by atoms with van der Waals surface area (Å²) in [5.74, 6) is 0.0458. The Bertz CT molecular complexity index is 1050. The summed E-state index contributed by atoms with van der Waals surface area (Å²) >= 11 is 0. The minimum absolute atomic E-state index is 0.199. The molecule has 3 rings (SSSR count). The van der Waals surface area contributed by atoms with E-state index in [1.54, 1.807) is 37.3 Å². The van der Waals surface area contributed by atoms with Crippen LogP contribution in [0.2, 0.25) is 0 Å². The first-order chi connectivity index (χ1) is 14.0. The van der Waals surface area contributed by atoms with Crippen LogP contribution in [0.3, 0.4) is 0 Å². The molecule has 1 amide bonds. The van der Waals surface area contributed by atoms with Gasteiger partial charge in [0.2, 0.25) is 0 Å². The van der Waals surface area contributed by atoms with E-state index in [0.29, 0.717) is 23.9 Å². The number of nitrogens with one attached hydrogen (secondary N) is 2. The molecule has 1 aromatic heterocycles. The standard InChI is InChI=1S/C22H22N4O3/c1-14-8-4-5-9-16(14)13-23-20-12-19(24-15(2)25-20)21(27)26-18-11-7-6-10-17(18)22(28)29-3/h4-12H,13H2,1-3H3,(H,26,27)(H,23,24,25).